The summed E-state index contributed by atoms with van der Waals surface area (Å²) in [6.07, 6.45) is 0.549. The third-order valence-electron chi connectivity index (χ3n) is 3.76. The van der Waals surface area contributed by atoms with Gasteiger partial charge in [-0.2, -0.15) is 0 Å². The molecule has 3 heteroatoms. The zero-order valence-electron chi connectivity index (χ0n) is 11.8. The molecule has 100 valence electrons. The zero-order valence-corrected chi connectivity index (χ0v) is 11.8. The Morgan fingerprint density at radius 2 is 1.78 bits per heavy atom. The SMILES string of the molecule is COc1ccccc1C1(O)CC(C)(C)OC1(C)C. The van der Waals surface area contributed by atoms with Crippen molar-refractivity contribution in [3.05, 3.63) is 29.8 Å². The average molecular weight is 250 g/mol. The van der Waals surface area contributed by atoms with Crippen LogP contribution in [0.4, 0.5) is 0 Å². The van der Waals surface area contributed by atoms with Crippen LogP contribution < -0.4 is 4.74 Å². The minimum Gasteiger partial charge on any atom is -0.496 e. The van der Waals surface area contributed by atoms with E-state index in [1.165, 1.54) is 0 Å². The van der Waals surface area contributed by atoms with Crippen LogP contribution in [0.1, 0.15) is 39.7 Å². The molecule has 0 aromatic heterocycles. The number of hydrogen-bond donors (Lipinski definition) is 1. The molecule has 0 radical (unpaired) electrons. The van der Waals surface area contributed by atoms with Crippen LogP contribution >= 0.6 is 0 Å². The second kappa shape index (κ2) is 3.97. The number of aliphatic hydroxyl groups is 1. The topological polar surface area (TPSA) is 38.7 Å². The van der Waals surface area contributed by atoms with E-state index >= 15 is 0 Å². The minimum absolute atomic E-state index is 0.348. The summed E-state index contributed by atoms with van der Waals surface area (Å²) in [5.41, 5.74) is -1.24. The highest BCUT2D eigenvalue weighted by Gasteiger charge is 2.58. The van der Waals surface area contributed by atoms with Gasteiger partial charge in [0, 0.05) is 12.0 Å². The van der Waals surface area contributed by atoms with Crippen LogP contribution in [0.5, 0.6) is 5.75 Å². The molecule has 1 aromatic carbocycles. The Kier molecular flexibility index (Phi) is 2.95. The lowest BCUT2D eigenvalue weighted by Crippen LogP contribution is -2.43. The molecule has 1 aliphatic heterocycles. The third kappa shape index (κ3) is 1.91. The zero-order chi connectivity index (χ0) is 13.6. The van der Waals surface area contributed by atoms with Gasteiger partial charge in [-0.3, -0.25) is 0 Å². The van der Waals surface area contributed by atoms with E-state index in [-0.39, 0.29) is 5.60 Å². The van der Waals surface area contributed by atoms with Crippen molar-refractivity contribution in [2.75, 3.05) is 7.11 Å². The number of hydrogen-bond acceptors (Lipinski definition) is 3. The van der Waals surface area contributed by atoms with Gasteiger partial charge in [0.1, 0.15) is 11.4 Å². The van der Waals surface area contributed by atoms with Crippen molar-refractivity contribution in [3.63, 3.8) is 0 Å². The molecular formula is C15H22O3. The van der Waals surface area contributed by atoms with Gasteiger partial charge in [-0.05, 0) is 33.8 Å². The lowest BCUT2D eigenvalue weighted by atomic mass is 9.77. The van der Waals surface area contributed by atoms with Crippen molar-refractivity contribution in [3.8, 4) is 5.75 Å². The van der Waals surface area contributed by atoms with Gasteiger partial charge in [0.15, 0.2) is 0 Å². The van der Waals surface area contributed by atoms with Crippen LogP contribution in [-0.4, -0.2) is 23.4 Å². The fourth-order valence-corrected chi connectivity index (χ4v) is 3.05. The molecule has 0 amide bonds. The van der Waals surface area contributed by atoms with Crippen LogP contribution in [-0.2, 0) is 10.3 Å². The number of methoxy groups -OCH3 is 1. The van der Waals surface area contributed by atoms with E-state index in [0.717, 1.165) is 5.56 Å². The standard InChI is InChI=1S/C15H22O3/c1-13(2)10-15(16,14(3,4)18-13)11-8-6-7-9-12(11)17-5/h6-9,16H,10H2,1-5H3. The highest BCUT2D eigenvalue weighted by atomic mass is 16.5. The highest BCUT2D eigenvalue weighted by molar-refractivity contribution is 5.41. The molecule has 1 aromatic rings. The average Bonchev–Trinajstić information content (AvgIpc) is 2.43. The van der Waals surface area contributed by atoms with E-state index in [1.807, 2.05) is 52.0 Å². The molecule has 1 heterocycles. The van der Waals surface area contributed by atoms with Crippen molar-refractivity contribution >= 4 is 0 Å². The monoisotopic (exact) mass is 250 g/mol. The summed E-state index contributed by atoms with van der Waals surface area (Å²) in [5, 5.41) is 11.1. The van der Waals surface area contributed by atoms with E-state index in [1.54, 1.807) is 7.11 Å². The Morgan fingerprint density at radius 1 is 1.17 bits per heavy atom. The van der Waals surface area contributed by atoms with Gasteiger partial charge in [-0.15, -0.1) is 0 Å². The molecule has 1 atom stereocenters. The van der Waals surface area contributed by atoms with E-state index in [9.17, 15) is 5.11 Å². The molecule has 0 aliphatic carbocycles. The number of para-hydroxylation sites is 1. The summed E-state index contributed by atoms with van der Waals surface area (Å²) < 4.78 is 11.4. The summed E-state index contributed by atoms with van der Waals surface area (Å²) in [5.74, 6) is 0.703. The molecule has 1 unspecified atom stereocenters. The van der Waals surface area contributed by atoms with Crippen molar-refractivity contribution < 1.29 is 14.6 Å². The van der Waals surface area contributed by atoms with Gasteiger partial charge in [-0.1, -0.05) is 18.2 Å². The molecule has 3 nitrogen and oxygen atoms in total. The Balaban J connectivity index is 2.54. The second-order valence-electron chi connectivity index (χ2n) is 6.11. The molecule has 2 rings (SSSR count). The Labute approximate surface area is 109 Å². The van der Waals surface area contributed by atoms with Gasteiger partial charge in [0.2, 0.25) is 0 Å². The summed E-state index contributed by atoms with van der Waals surface area (Å²) >= 11 is 0. The summed E-state index contributed by atoms with van der Waals surface area (Å²) in [6.45, 7) is 7.85. The minimum atomic E-state index is -1.04. The fourth-order valence-electron chi connectivity index (χ4n) is 3.05. The highest BCUT2D eigenvalue weighted by Crippen LogP contribution is 2.52. The largest absolute Gasteiger partial charge is 0.496 e. The van der Waals surface area contributed by atoms with Crippen molar-refractivity contribution in [1.82, 2.24) is 0 Å². The molecular weight excluding hydrogens is 228 g/mol. The Bertz CT molecular complexity index is 451. The van der Waals surface area contributed by atoms with Gasteiger partial charge >= 0.3 is 0 Å². The Morgan fingerprint density at radius 3 is 2.28 bits per heavy atom. The van der Waals surface area contributed by atoms with E-state index in [4.69, 9.17) is 9.47 Å². The summed E-state index contributed by atoms with van der Waals surface area (Å²) in [4.78, 5) is 0. The molecule has 1 aliphatic rings. The van der Waals surface area contributed by atoms with Crippen molar-refractivity contribution in [1.29, 1.82) is 0 Å². The number of benzene rings is 1. The molecule has 1 N–H and O–H groups in total. The first kappa shape index (κ1) is 13.4. The van der Waals surface area contributed by atoms with Gasteiger partial charge in [0.05, 0.1) is 18.3 Å². The van der Waals surface area contributed by atoms with Crippen LogP contribution in [0.2, 0.25) is 0 Å². The van der Waals surface area contributed by atoms with Crippen molar-refractivity contribution in [2.24, 2.45) is 0 Å². The molecule has 0 bridgehead atoms. The normalized spacial score (nSPS) is 29.2. The van der Waals surface area contributed by atoms with E-state index in [2.05, 4.69) is 0 Å². The Hall–Kier alpha value is -1.06. The van der Waals surface area contributed by atoms with Crippen LogP contribution in [0, 0.1) is 0 Å². The van der Waals surface area contributed by atoms with E-state index in [0.29, 0.717) is 12.2 Å². The predicted octanol–water partition coefficient (Wildman–Crippen LogP) is 2.86. The third-order valence-corrected chi connectivity index (χ3v) is 3.76. The van der Waals surface area contributed by atoms with Gasteiger partial charge in [0.25, 0.3) is 0 Å². The quantitative estimate of drug-likeness (QED) is 0.877. The molecule has 18 heavy (non-hydrogen) atoms. The first-order chi connectivity index (χ1) is 8.22. The first-order valence-corrected chi connectivity index (χ1v) is 6.28. The van der Waals surface area contributed by atoms with E-state index < -0.39 is 11.2 Å². The fraction of sp³-hybridized carbons (Fsp3) is 0.600. The first-order valence-electron chi connectivity index (χ1n) is 6.28. The maximum absolute atomic E-state index is 11.1. The number of rotatable bonds is 2. The molecule has 0 saturated carbocycles. The van der Waals surface area contributed by atoms with Crippen molar-refractivity contribution in [2.45, 2.75) is 50.9 Å². The lowest BCUT2D eigenvalue weighted by Gasteiger charge is -2.36. The molecule has 0 spiro atoms. The summed E-state index contributed by atoms with van der Waals surface area (Å²) in [6, 6.07) is 7.59. The van der Waals surface area contributed by atoms with Crippen LogP contribution in [0.3, 0.4) is 0 Å². The number of ether oxygens (including phenoxy) is 2. The van der Waals surface area contributed by atoms with Crippen LogP contribution in [0.25, 0.3) is 0 Å². The maximum Gasteiger partial charge on any atom is 0.125 e. The maximum atomic E-state index is 11.1. The molecule has 1 saturated heterocycles. The predicted molar refractivity (Wildman–Crippen MR) is 70.8 cm³/mol. The van der Waals surface area contributed by atoms with Crippen LogP contribution in [0.15, 0.2) is 24.3 Å². The smallest absolute Gasteiger partial charge is 0.125 e. The second-order valence-corrected chi connectivity index (χ2v) is 6.11. The van der Waals surface area contributed by atoms with Gasteiger partial charge < -0.3 is 14.6 Å². The molecule has 1 fully saturated rings. The lowest BCUT2D eigenvalue weighted by molar-refractivity contribution is -0.130. The summed E-state index contributed by atoms with van der Waals surface area (Å²) in [7, 11) is 1.62. The van der Waals surface area contributed by atoms with Gasteiger partial charge in [-0.25, -0.2) is 0 Å².